The average Bonchev–Trinajstić information content (AvgIpc) is 2.79. The van der Waals surface area contributed by atoms with E-state index in [1.54, 1.807) is 0 Å². The van der Waals surface area contributed by atoms with E-state index in [2.05, 4.69) is 15.5 Å². The third kappa shape index (κ3) is 2.17. The van der Waals surface area contributed by atoms with Crippen LogP contribution < -0.4 is 5.32 Å². The van der Waals surface area contributed by atoms with E-state index < -0.39 is 0 Å². The van der Waals surface area contributed by atoms with Gasteiger partial charge in [0, 0.05) is 6.42 Å². The van der Waals surface area contributed by atoms with E-state index in [0.717, 1.165) is 38.0 Å². The second kappa shape index (κ2) is 4.32. The maximum Gasteiger partial charge on any atom is 0.233 e. The van der Waals surface area contributed by atoms with Crippen molar-refractivity contribution in [2.75, 3.05) is 13.1 Å². The van der Waals surface area contributed by atoms with Gasteiger partial charge in [0.15, 0.2) is 5.82 Å². The van der Waals surface area contributed by atoms with Crippen molar-refractivity contribution in [3.8, 4) is 0 Å². The molecular formula is C9H13N3O2. The van der Waals surface area contributed by atoms with Gasteiger partial charge in [-0.05, 0) is 25.4 Å². The van der Waals surface area contributed by atoms with Gasteiger partial charge in [-0.2, -0.15) is 4.98 Å². The van der Waals surface area contributed by atoms with Crippen molar-refractivity contribution < 1.29 is 9.32 Å². The van der Waals surface area contributed by atoms with Crippen LogP contribution in [0, 0.1) is 5.92 Å². The number of carbonyl (C=O) groups excluding carboxylic acids is 1. The Balaban J connectivity index is 1.91. The van der Waals surface area contributed by atoms with Crippen LogP contribution in [-0.4, -0.2) is 29.5 Å². The van der Waals surface area contributed by atoms with Gasteiger partial charge in [-0.25, -0.2) is 0 Å². The zero-order valence-electron chi connectivity index (χ0n) is 7.90. The van der Waals surface area contributed by atoms with Crippen molar-refractivity contribution >= 4 is 6.29 Å². The molecule has 1 atom stereocenters. The minimum Gasteiger partial charge on any atom is -0.339 e. The molecule has 0 aromatic carbocycles. The Bertz CT molecular complexity index is 305. The molecule has 76 valence electrons. The fraction of sp³-hybridized carbons (Fsp3) is 0.667. The Kier molecular flexibility index (Phi) is 2.88. The lowest BCUT2D eigenvalue weighted by Crippen LogP contribution is -2.11. The van der Waals surface area contributed by atoms with Crippen LogP contribution in [0.2, 0.25) is 0 Å². The minimum atomic E-state index is 0.218. The van der Waals surface area contributed by atoms with Gasteiger partial charge in [-0.15, -0.1) is 0 Å². The van der Waals surface area contributed by atoms with E-state index in [-0.39, 0.29) is 6.42 Å². The summed E-state index contributed by atoms with van der Waals surface area (Å²) in [5.41, 5.74) is 0. The van der Waals surface area contributed by atoms with Crippen LogP contribution in [0.15, 0.2) is 4.52 Å². The maximum absolute atomic E-state index is 10.2. The van der Waals surface area contributed by atoms with Crippen molar-refractivity contribution in [1.82, 2.24) is 15.5 Å². The molecular weight excluding hydrogens is 182 g/mol. The number of carbonyl (C=O) groups is 1. The molecule has 2 rings (SSSR count). The monoisotopic (exact) mass is 195 g/mol. The van der Waals surface area contributed by atoms with Gasteiger partial charge in [0.2, 0.25) is 5.89 Å². The first-order chi connectivity index (χ1) is 6.88. The van der Waals surface area contributed by atoms with Crippen molar-refractivity contribution in [2.45, 2.75) is 19.3 Å². The number of hydrogen-bond acceptors (Lipinski definition) is 5. The first kappa shape index (κ1) is 9.33. The van der Waals surface area contributed by atoms with Gasteiger partial charge in [0.05, 0.1) is 6.42 Å². The molecule has 0 saturated carbocycles. The van der Waals surface area contributed by atoms with Crippen molar-refractivity contribution in [2.24, 2.45) is 5.92 Å². The highest BCUT2D eigenvalue weighted by Crippen LogP contribution is 2.12. The van der Waals surface area contributed by atoms with Crippen LogP contribution in [0.5, 0.6) is 0 Å². The highest BCUT2D eigenvalue weighted by Gasteiger charge is 2.17. The lowest BCUT2D eigenvalue weighted by atomic mass is 10.1. The fourth-order valence-electron chi connectivity index (χ4n) is 1.67. The molecule has 1 aromatic rings. The van der Waals surface area contributed by atoms with Gasteiger partial charge in [0.25, 0.3) is 0 Å². The summed E-state index contributed by atoms with van der Waals surface area (Å²) in [5.74, 6) is 1.74. The first-order valence-electron chi connectivity index (χ1n) is 4.84. The molecule has 1 unspecified atom stereocenters. The SMILES string of the molecule is O=CCc1nc(CC2CCNC2)no1. The number of nitrogens with one attached hydrogen (secondary N) is 1. The second-order valence-electron chi connectivity index (χ2n) is 3.54. The van der Waals surface area contributed by atoms with Gasteiger partial charge < -0.3 is 14.6 Å². The number of hydrogen-bond donors (Lipinski definition) is 1. The normalized spacial score (nSPS) is 21.3. The lowest BCUT2D eigenvalue weighted by molar-refractivity contribution is -0.107. The molecule has 0 radical (unpaired) electrons. The van der Waals surface area contributed by atoms with Gasteiger partial charge >= 0.3 is 0 Å². The van der Waals surface area contributed by atoms with E-state index in [9.17, 15) is 4.79 Å². The number of nitrogens with zero attached hydrogens (tertiary/aromatic N) is 2. The van der Waals surface area contributed by atoms with Crippen LogP contribution in [0.3, 0.4) is 0 Å². The summed E-state index contributed by atoms with van der Waals surface area (Å²) in [4.78, 5) is 14.3. The van der Waals surface area contributed by atoms with Gasteiger partial charge in [-0.1, -0.05) is 5.16 Å². The molecule has 1 fully saturated rings. The van der Waals surface area contributed by atoms with Crippen molar-refractivity contribution in [3.63, 3.8) is 0 Å². The van der Waals surface area contributed by atoms with E-state index >= 15 is 0 Å². The van der Waals surface area contributed by atoms with Crippen molar-refractivity contribution in [1.29, 1.82) is 0 Å². The van der Waals surface area contributed by atoms with Crippen molar-refractivity contribution in [3.05, 3.63) is 11.7 Å². The molecule has 1 saturated heterocycles. The molecule has 5 nitrogen and oxygen atoms in total. The van der Waals surface area contributed by atoms with Crippen LogP contribution in [0.25, 0.3) is 0 Å². The molecule has 0 bridgehead atoms. The minimum absolute atomic E-state index is 0.218. The zero-order chi connectivity index (χ0) is 9.80. The Labute approximate surface area is 81.9 Å². The molecule has 1 aromatic heterocycles. The lowest BCUT2D eigenvalue weighted by Gasteiger charge is -2.01. The third-order valence-corrected chi connectivity index (χ3v) is 2.40. The molecule has 1 N–H and O–H groups in total. The van der Waals surface area contributed by atoms with Gasteiger partial charge in [0.1, 0.15) is 6.29 Å². The van der Waals surface area contributed by atoms with Crippen LogP contribution >= 0.6 is 0 Å². The second-order valence-corrected chi connectivity index (χ2v) is 3.54. The highest BCUT2D eigenvalue weighted by atomic mass is 16.5. The molecule has 1 aliphatic rings. The number of aldehydes is 1. The topological polar surface area (TPSA) is 68.0 Å². The van der Waals surface area contributed by atoms with Crippen LogP contribution in [0.1, 0.15) is 18.1 Å². The van der Waals surface area contributed by atoms with E-state index in [1.165, 1.54) is 0 Å². The molecule has 0 aliphatic carbocycles. The Morgan fingerprint density at radius 1 is 1.64 bits per heavy atom. The largest absolute Gasteiger partial charge is 0.339 e. The van der Waals surface area contributed by atoms with E-state index in [1.807, 2.05) is 0 Å². The Hall–Kier alpha value is -1.23. The van der Waals surface area contributed by atoms with E-state index in [4.69, 9.17) is 4.52 Å². The quantitative estimate of drug-likeness (QED) is 0.683. The van der Waals surface area contributed by atoms with Gasteiger partial charge in [-0.3, -0.25) is 0 Å². The summed E-state index contributed by atoms with van der Waals surface area (Å²) in [7, 11) is 0. The summed E-state index contributed by atoms with van der Waals surface area (Å²) in [6.07, 6.45) is 3.00. The Morgan fingerprint density at radius 3 is 3.29 bits per heavy atom. The predicted octanol–water partition coefficient (Wildman–Crippen LogP) is -0.0370. The predicted molar refractivity (Wildman–Crippen MR) is 48.7 cm³/mol. The smallest absolute Gasteiger partial charge is 0.233 e. The van der Waals surface area contributed by atoms with Crippen LogP contribution in [-0.2, 0) is 17.6 Å². The first-order valence-corrected chi connectivity index (χ1v) is 4.84. The number of rotatable bonds is 4. The fourth-order valence-corrected chi connectivity index (χ4v) is 1.67. The standard InChI is InChI=1S/C9H13N3O2/c13-4-2-9-11-8(12-14-9)5-7-1-3-10-6-7/h4,7,10H,1-3,5-6H2. The molecule has 0 spiro atoms. The average molecular weight is 195 g/mol. The maximum atomic E-state index is 10.2. The summed E-state index contributed by atoms with van der Waals surface area (Å²) >= 11 is 0. The molecule has 2 heterocycles. The summed E-state index contributed by atoms with van der Waals surface area (Å²) in [6.45, 7) is 2.10. The van der Waals surface area contributed by atoms with E-state index in [0.29, 0.717) is 11.8 Å². The summed E-state index contributed by atoms with van der Waals surface area (Å²) < 4.78 is 4.90. The highest BCUT2D eigenvalue weighted by molar-refractivity contribution is 5.52. The summed E-state index contributed by atoms with van der Waals surface area (Å²) in [6, 6.07) is 0. The Morgan fingerprint density at radius 2 is 2.57 bits per heavy atom. The third-order valence-electron chi connectivity index (χ3n) is 2.40. The molecule has 0 amide bonds. The van der Waals surface area contributed by atoms with Crippen LogP contribution in [0.4, 0.5) is 0 Å². The zero-order valence-corrected chi connectivity index (χ0v) is 7.90. The molecule has 14 heavy (non-hydrogen) atoms. The molecule has 1 aliphatic heterocycles. The summed E-state index contributed by atoms with van der Waals surface area (Å²) in [5, 5.41) is 7.11. The number of aromatic nitrogens is 2. The molecule has 5 heteroatoms.